The number of anilines is 1. The number of ether oxygens (including phenoxy) is 1. The summed E-state index contributed by atoms with van der Waals surface area (Å²) in [7, 11) is -4.01. The Morgan fingerprint density at radius 2 is 1.69 bits per heavy atom. The number of nitrogens with one attached hydrogen (secondary N) is 2. The molecule has 0 saturated carbocycles. The maximum atomic E-state index is 12.7. The van der Waals surface area contributed by atoms with Crippen LogP contribution >= 0.6 is 0 Å². The van der Waals surface area contributed by atoms with Gasteiger partial charge >= 0.3 is 0 Å². The maximum Gasteiger partial charge on any atom is 0.241 e. The molecule has 2 aromatic rings. The zero-order valence-electron chi connectivity index (χ0n) is 16.2. The normalized spacial score (nSPS) is 12.2. The Hall–Kier alpha value is -2.91. The van der Waals surface area contributed by atoms with Crippen molar-refractivity contribution >= 4 is 27.6 Å². The van der Waals surface area contributed by atoms with Crippen molar-refractivity contribution in [3.63, 3.8) is 0 Å². The summed E-state index contributed by atoms with van der Waals surface area (Å²) in [5.41, 5.74) is 0.918. The van der Waals surface area contributed by atoms with E-state index in [0.29, 0.717) is 23.6 Å². The summed E-state index contributed by atoms with van der Waals surface area (Å²) in [6.07, 6.45) is 0.313. The number of hydrogen-bond donors (Lipinski definition) is 2. The molecular formula is C20H23N2O6S-. The Morgan fingerprint density at radius 3 is 2.21 bits per heavy atom. The van der Waals surface area contributed by atoms with Crippen LogP contribution in [0.2, 0.25) is 0 Å². The van der Waals surface area contributed by atoms with Crippen LogP contribution in [0.4, 0.5) is 5.69 Å². The monoisotopic (exact) mass is 419 g/mol. The van der Waals surface area contributed by atoms with E-state index >= 15 is 0 Å². The zero-order chi connectivity index (χ0) is 21.4. The van der Waals surface area contributed by atoms with E-state index in [1.165, 1.54) is 31.2 Å². The fourth-order valence-electron chi connectivity index (χ4n) is 2.59. The van der Waals surface area contributed by atoms with Crippen molar-refractivity contribution in [3.8, 4) is 5.75 Å². The van der Waals surface area contributed by atoms with Crippen LogP contribution in [0.3, 0.4) is 0 Å². The lowest BCUT2D eigenvalue weighted by atomic mass is 10.0. The molecule has 0 radical (unpaired) electrons. The van der Waals surface area contributed by atoms with Crippen LogP contribution in [0.5, 0.6) is 5.75 Å². The molecule has 1 atom stereocenters. The molecule has 2 aromatic carbocycles. The fraction of sp³-hybridized carbons (Fsp3) is 0.300. The molecule has 0 saturated heterocycles. The number of hydrogen-bond acceptors (Lipinski definition) is 6. The number of sulfonamides is 1. The van der Waals surface area contributed by atoms with Gasteiger partial charge in [-0.2, -0.15) is 0 Å². The Labute approximate surface area is 169 Å². The molecule has 0 aromatic heterocycles. The van der Waals surface area contributed by atoms with E-state index in [2.05, 4.69) is 10.0 Å². The van der Waals surface area contributed by atoms with Crippen molar-refractivity contribution in [1.82, 2.24) is 4.72 Å². The van der Waals surface area contributed by atoms with E-state index in [4.69, 9.17) is 4.74 Å². The molecule has 8 nitrogen and oxygen atoms in total. The van der Waals surface area contributed by atoms with Gasteiger partial charge in [0.05, 0.1) is 17.5 Å². The first-order chi connectivity index (χ1) is 13.7. The Kier molecular flexibility index (Phi) is 7.74. The molecule has 2 N–H and O–H groups in total. The van der Waals surface area contributed by atoms with Crippen LogP contribution in [0.25, 0.3) is 0 Å². The van der Waals surface area contributed by atoms with E-state index < -0.39 is 28.5 Å². The number of carboxylic acid groups (broad SMARTS) is 1. The number of amides is 1. The molecule has 2 rings (SSSR count). The summed E-state index contributed by atoms with van der Waals surface area (Å²) in [6, 6.07) is 11.1. The predicted molar refractivity (Wildman–Crippen MR) is 106 cm³/mol. The number of carbonyl (C=O) groups is 2. The van der Waals surface area contributed by atoms with Crippen LogP contribution in [0, 0.1) is 0 Å². The van der Waals surface area contributed by atoms with E-state index in [1.807, 2.05) is 6.92 Å². The average molecular weight is 419 g/mol. The first-order valence-electron chi connectivity index (χ1n) is 9.04. The van der Waals surface area contributed by atoms with Crippen molar-refractivity contribution in [3.05, 3.63) is 54.1 Å². The Balaban J connectivity index is 2.21. The topological polar surface area (TPSA) is 125 Å². The number of benzene rings is 2. The van der Waals surface area contributed by atoms with Gasteiger partial charge in [-0.05, 0) is 48.4 Å². The molecule has 29 heavy (non-hydrogen) atoms. The second-order valence-corrected chi connectivity index (χ2v) is 8.09. The summed E-state index contributed by atoms with van der Waals surface area (Å²) in [5.74, 6) is -1.05. The lowest BCUT2D eigenvalue weighted by Crippen LogP contribution is -2.34. The highest BCUT2D eigenvalue weighted by Crippen LogP contribution is 2.23. The Bertz CT molecular complexity index is 940. The standard InChI is InChI=1S/C20H24N2O6S/c1-3-12-28-17-8-4-15(5-9-17)19(13-20(24)25)22-29(26,27)18-10-6-16(7-11-18)21-14(2)23/h4-11,19,22H,3,12-13H2,1-2H3,(H,21,23)(H,24,25)/p-1. The zero-order valence-corrected chi connectivity index (χ0v) is 17.0. The SMILES string of the molecule is CCCOc1ccc(C(CC(=O)[O-])NS(=O)(=O)c2ccc(NC(C)=O)cc2)cc1. The van der Waals surface area contributed by atoms with E-state index in [9.17, 15) is 23.1 Å². The van der Waals surface area contributed by atoms with Gasteiger partial charge in [-0.1, -0.05) is 19.1 Å². The van der Waals surface area contributed by atoms with Crippen LogP contribution in [-0.4, -0.2) is 26.9 Å². The van der Waals surface area contributed by atoms with Crippen LogP contribution < -0.4 is 19.9 Å². The van der Waals surface area contributed by atoms with Gasteiger partial charge in [0.2, 0.25) is 15.9 Å². The highest BCUT2D eigenvalue weighted by atomic mass is 32.2. The highest BCUT2D eigenvalue weighted by Gasteiger charge is 2.22. The summed E-state index contributed by atoms with van der Waals surface area (Å²) in [4.78, 5) is 22.2. The van der Waals surface area contributed by atoms with Gasteiger partial charge in [0.25, 0.3) is 0 Å². The van der Waals surface area contributed by atoms with Crippen molar-refractivity contribution in [2.24, 2.45) is 0 Å². The van der Waals surface area contributed by atoms with Gasteiger partial charge in [-0.25, -0.2) is 13.1 Å². The summed E-state index contributed by atoms with van der Waals surface area (Å²) >= 11 is 0. The number of aliphatic carboxylic acids is 1. The third-order valence-corrected chi connectivity index (χ3v) is 5.40. The molecule has 1 unspecified atom stereocenters. The van der Waals surface area contributed by atoms with Gasteiger partial charge in [0, 0.05) is 25.0 Å². The van der Waals surface area contributed by atoms with Gasteiger partial charge < -0.3 is 20.0 Å². The van der Waals surface area contributed by atoms with E-state index in [-0.39, 0.29) is 10.8 Å². The fourth-order valence-corrected chi connectivity index (χ4v) is 3.81. The largest absolute Gasteiger partial charge is 0.550 e. The number of carboxylic acids is 1. The molecule has 9 heteroatoms. The molecule has 156 valence electrons. The van der Waals surface area contributed by atoms with Crippen LogP contribution in [0.15, 0.2) is 53.4 Å². The summed E-state index contributed by atoms with van der Waals surface area (Å²) in [6.45, 7) is 3.86. The molecule has 0 heterocycles. The molecule has 0 bridgehead atoms. The minimum Gasteiger partial charge on any atom is -0.550 e. The van der Waals surface area contributed by atoms with Crippen LogP contribution in [0.1, 0.15) is 38.3 Å². The van der Waals surface area contributed by atoms with E-state index in [1.54, 1.807) is 24.3 Å². The van der Waals surface area contributed by atoms with Gasteiger partial charge in [0.15, 0.2) is 0 Å². The van der Waals surface area contributed by atoms with Crippen molar-refractivity contribution in [1.29, 1.82) is 0 Å². The van der Waals surface area contributed by atoms with Crippen molar-refractivity contribution < 1.29 is 27.9 Å². The third-order valence-electron chi connectivity index (χ3n) is 3.91. The van der Waals surface area contributed by atoms with Gasteiger partial charge in [-0.3, -0.25) is 4.79 Å². The minimum atomic E-state index is -4.01. The lowest BCUT2D eigenvalue weighted by Gasteiger charge is -2.20. The van der Waals surface area contributed by atoms with E-state index in [0.717, 1.165) is 6.42 Å². The number of rotatable bonds is 10. The highest BCUT2D eigenvalue weighted by molar-refractivity contribution is 7.89. The molecule has 0 fully saturated rings. The summed E-state index contributed by atoms with van der Waals surface area (Å²) < 4.78 is 33.3. The maximum absolute atomic E-state index is 12.7. The minimum absolute atomic E-state index is 0.0575. The second-order valence-electron chi connectivity index (χ2n) is 6.37. The first-order valence-corrected chi connectivity index (χ1v) is 10.5. The van der Waals surface area contributed by atoms with Crippen LogP contribution in [-0.2, 0) is 19.6 Å². The third kappa shape index (κ3) is 6.88. The molecule has 0 aliphatic carbocycles. The lowest BCUT2D eigenvalue weighted by molar-refractivity contribution is -0.306. The van der Waals surface area contributed by atoms with Crippen molar-refractivity contribution in [2.75, 3.05) is 11.9 Å². The smallest absolute Gasteiger partial charge is 0.241 e. The average Bonchev–Trinajstić information content (AvgIpc) is 2.65. The first kappa shape index (κ1) is 22.4. The molecule has 0 aliphatic rings. The van der Waals surface area contributed by atoms with Gasteiger partial charge in [0.1, 0.15) is 5.75 Å². The predicted octanol–water partition coefficient (Wildman–Crippen LogP) is 1.59. The van der Waals surface area contributed by atoms with Crippen molar-refractivity contribution in [2.45, 2.75) is 37.6 Å². The Morgan fingerprint density at radius 1 is 1.07 bits per heavy atom. The quantitative estimate of drug-likeness (QED) is 0.603. The molecular weight excluding hydrogens is 396 g/mol. The second kappa shape index (κ2) is 10.0. The summed E-state index contributed by atoms with van der Waals surface area (Å²) in [5, 5.41) is 13.7. The molecule has 0 spiro atoms. The van der Waals surface area contributed by atoms with Gasteiger partial charge in [-0.15, -0.1) is 0 Å². The molecule has 1 amide bonds. The molecule has 0 aliphatic heterocycles. The number of carbonyl (C=O) groups excluding carboxylic acids is 2.